The molecule has 0 aliphatic heterocycles. The highest BCUT2D eigenvalue weighted by Gasteiger charge is 2.26. The number of hydrogen-bond donors (Lipinski definition) is 0. The predicted octanol–water partition coefficient (Wildman–Crippen LogP) is 4.69. The quantitative estimate of drug-likeness (QED) is 0.770. The number of aromatic nitrogens is 2. The molecule has 1 saturated carbocycles. The van der Waals surface area contributed by atoms with Crippen LogP contribution >= 0.6 is 11.6 Å². The van der Waals surface area contributed by atoms with Gasteiger partial charge in [0.15, 0.2) is 5.82 Å². The largest absolute Gasteiger partial charge is 0.337 e. The Kier molecular flexibility index (Phi) is 4.06. The van der Waals surface area contributed by atoms with E-state index in [2.05, 4.69) is 17.1 Å². The van der Waals surface area contributed by atoms with Crippen LogP contribution in [0.3, 0.4) is 0 Å². The van der Waals surface area contributed by atoms with Crippen molar-refractivity contribution in [1.29, 1.82) is 0 Å². The molecule has 20 heavy (non-hydrogen) atoms. The van der Waals surface area contributed by atoms with Crippen molar-refractivity contribution in [3.8, 4) is 0 Å². The fraction of sp³-hybridized carbons (Fsp3) is 0.500. The summed E-state index contributed by atoms with van der Waals surface area (Å²) in [6.07, 6.45) is 4.80. The third-order valence-electron chi connectivity index (χ3n) is 4.15. The van der Waals surface area contributed by atoms with Crippen molar-refractivity contribution in [1.82, 2.24) is 10.1 Å². The van der Waals surface area contributed by atoms with E-state index >= 15 is 0 Å². The number of rotatable bonds is 3. The standard InChI is InChI=1S/C16H19ClN2O/c1-11-7-9-13(10-8-11)15-18-16(20-19-15)14(17)12-5-3-2-4-6-12/h2-6,11,13-14H,7-10H2,1H3. The summed E-state index contributed by atoms with van der Waals surface area (Å²) in [5.74, 6) is 2.59. The third-order valence-corrected chi connectivity index (χ3v) is 4.59. The first-order chi connectivity index (χ1) is 9.74. The predicted molar refractivity (Wildman–Crippen MR) is 78.8 cm³/mol. The topological polar surface area (TPSA) is 38.9 Å². The molecule has 0 amide bonds. The van der Waals surface area contributed by atoms with E-state index in [0.29, 0.717) is 11.8 Å². The van der Waals surface area contributed by atoms with Crippen molar-refractivity contribution < 1.29 is 4.52 Å². The summed E-state index contributed by atoms with van der Waals surface area (Å²) in [7, 11) is 0. The van der Waals surface area contributed by atoms with Gasteiger partial charge in [0.2, 0.25) is 5.89 Å². The minimum Gasteiger partial charge on any atom is -0.337 e. The molecule has 3 nitrogen and oxygen atoms in total. The second-order valence-electron chi connectivity index (χ2n) is 5.72. The molecule has 0 spiro atoms. The Morgan fingerprint density at radius 1 is 1.15 bits per heavy atom. The Hall–Kier alpha value is -1.35. The Balaban J connectivity index is 1.73. The van der Waals surface area contributed by atoms with E-state index in [9.17, 15) is 0 Å². The van der Waals surface area contributed by atoms with Gasteiger partial charge in [-0.1, -0.05) is 55.3 Å². The fourth-order valence-electron chi connectivity index (χ4n) is 2.80. The molecule has 0 saturated heterocycles. The molecule has 106 valence electrons. The maximum absolute atomic E-state index is 6.41. The van der Waals surface area contributed by atoms with E-state index in [1.165, 1.54) is 12.8 Å². The van der Waals surface area contributed by atoms with Gasteiger partial charge in [0.05, 0.1) is 0 Å². The average Bonchev–Trinajstić information content (AvgIpc) is 2.98. The van der Waals surface area contributed by atoms with Gasteiger partial charge in [0, 0.05) is 5.92 Å². The van der Waals surface area contributed by atoms with Gasteiger partial charge in [-0.2, -0.15) is 4.98 Å². The summed E-state index contributed by atoms with van der Waals surface area (Å²) >= 11 is 6.41. The van der Waals surface area contributed by atoms with Gasteiger partial charge in [-0.05, 0) is 24.3 Å². The Labute approximate surface area is 124 Å². The SMILES string of the molecule is CC1CCC(c2noc(C(Cl)c3ccccc3)n2)CC1. The van der Waals surface area contributed by atoms with Crippen LogP contribution in [0.25, 0.3) is 0 Å². The molecule has 2 aromatic rings. The maximum atomic E-state index is 6.41. The monoisotopic (exact) mass is 290 g/mol. The zero-order valence-corrected chi connectivity index (χ0v) is 12.4. The van der Waals surface area contributed by atoms with Gasteiger partial charge in [-0.25, -0.2) is 0 Å². The van der Waals surface area contributed by atoms with Crippen molar-refractivity contribution in [2.75, 3.05) is 0 Å². The van der Waals surface area contributed by atoms with E-state index < -0.39 is 0 Å². The van der Waals surface area contributed by atoms with E-state index in [0.717, 1.165) is 30.1 Å². The minimum atomic E-state index is -0.361. The summed E-state index contributed by atoms with van der Waals surface area (Å²) in [5.41, 5.74) is 0.988. The van der Waals surface area contributed by atoms with E-state index in [4.69, 9.17) is 16.1 Å². The van der Waals surface area contributed by atoms with Gasteiger partial charge in [0.1, 0.15) is 5.38 Å². The molecule has 1 aliphatic carbocycles. The molecule has 1 heterocycles. The molecule has 0 N–H and O–H groups in total. The lowest BCUT2D eigenvalue weighted by Gasteiger charge is -2.23. The molecular weight excluding hydrogens is 272 g/mol. The van der Waals surface area contributed by atoms with Crippen LogP contribution < -0.4 is 0 Å². The second kappa shape index (κ2) is 5.96. The van der Waals surface area contributed by atoms with Gasteiger partial charge in [0.25, 0.3) is 0 Å². The van der Waals surface area contributed by atoms with Crippen molar-refractivity contribution in [3.05, 3.63) is 47.6 Å². The highest BCUT2D eigenvalue weighted by molar-refractivity contribution is 6.22. The Morgan fingerprint density at radius 3 is 2.55 bits per heavy atom. The zero-order valence-electron chi connectivity index (χ0n) is 11.6. The summed E-state index contributed by atoms with van der Waals surface area (Å²) < 4.78 is 5.37. The molecule has 3 rings (SSSR count). The molecule has 1 aromatic heterocycles. The van der Waals surface area contributed by atoms with Crippen LogP contribution in [-0.4, -0.2) is 10.1 Å². The third kappa shape index (κ3) is 2.88. The first-order valence-corrected chi connectivity index (χ1v) is 7.70. The van der Waals surface area contributed by atoms with Crippen molar-refractivity contribution in [3.63, 3.8) is 0 Å². The lowest BCUT2D eigenvalue weighted by molar-refractivity contribution is 0.324. The van der Waals surface area contributed by atoms with Crippen LogP contribution in [0.1, 0.15) is 61.2 Å². The van der Waals surface area contributed by atoms with Crippen molar-refractivity contribution in [2.24, 2.45) is 5.92 Å². The summed E-state index contributed by atoms with van der Waals surface area (Å²) in [6, 6.07) is 9.85. The van der Waals surface area contributed by atoms with Gasteiger partial charge in [-0.15, -0.1) is 11.6 Å². The first-order valence-electron chi connectivity index (χ1n) is 7.26. The fourth-order valence-corrected chi connectivity index (χ4v) is 3.03. The normalized spacial score (nSPS) is 24.5. The second-order valence-corrected chi connectivity index (χ2v) is 6.16. The van der Waals surface area contributed by atoms with E-state index in [-0.39, 0.29) is 5.38 Å². The molecule has 0 radical (unpaired) electrons. The molecule has 1 fully saturated rings. The van der Waals surface area contributed by atoms with Crippen LogP contribution in [0.4, 0.5) is 0 Å². The lowest BCUT2D eigenvalue weighted by atomic mass is 9.83. The Morgan fingerprint density at radius 2 is 1.85 bits per heavy atom. The molecule has 0 bridgehead atoms. The highest BCUT2D eigenvalue weighted by Crippen LogP contribution is 2.35. The summed E-state index contributed by atoms with van der Waals surface area (Å²) in [6.45, 7) is 2.31. The molecule has 4 heteroatoms. The van der Waals surface area contributed by atoms with Crippen LogP contribution in [0.2, 0.25) is 0 Å². The van der Waals surface area contributed by atoms with Crippen LogP contribution in [-0.2, 0) is 0 Å². The first kappa shape index (κ1) is 13.6. The number of alkyl halides is 1. The van der Waals surface area contributed by atoms with E-state index in [1.54, 1.807) is 0 Å². The number of hydrogen-bond acceptors (Lipinski definition) is 3. The van der Waals surface area contributed by atoms with E-state index in [1.807, 2.05) is 30.3 Å². The lowest BCUT2D eigenvalue weighted by Crippen LogP contribution is -2.12. The maximum Gasteiger partial charge on any atom is 0.249 e. The summed E-state index contributed by atoms with van der Waals surface area (Å²) in [4.78, 5) is 4.53. The van der Waals surface area contributed by atoms with Crippen LogP contribution in [0.5, 0.6) is 0 Å². The van der Waals surface area contributed by atoms with Crippen molar-refractivity contribution in [2.45, 2.75) is 43.9 Å². The smallest absolute Gasteiger partial charge is 0.249 e. The molecule has 1 aromatic carbocycles. The molecular formula is C16H19ClN2O. The highest BCUT2D eigenvalue weighted by atomic mass is 35.5. The minimum absolute atomic E-state index is 0.361. The zero-order chi connectivity index (χ0) is 13.9. The number of halogens is 1. The average molecular weight is 291 g/mol. The molecule has 1 atom stereocenters. The van der Waals surface area contributed by atoms with Crippen molar-refractivity contribution >= 4 is 11.6 Å². The van der Waals surface area contributed by atoms with Gasteiger partial charge < -0.3 is 4.52 Å². The van der Waals surface area contributed by atoms with Crippen LogP contribution in [0.15, 0.2) is 34.9 Å². The summed E-state index contributed by atoms with van der Waals surface area (Å²) in [5, 5.41) is 3.78. The number of nitrogens with zero attached hydrogens (tertiary/aromatic N) is 2. The molecule has 1 aliphatic rings. The molecule has 1 unspecified atom stereocenters. The van der Waals surface area contributed by atoms with Gasteiger partial charge >= 0.3 is 0 Å². The van der Waals surface area contributed by atoms with Gasteiger partial charge in [-0.3, -0.25) is 0 Å². The number of benzene rings is 1. The van der Waals surface area contributed by atoms with Crippen LogP contribution in [0, 0.1) is 5.92 Å². The Bertz CT molecular complexity index is 547.